The lowest BCUT2D eigenvalue weighted by molar-refractivity contribution is -0.144. The van der Waals surface area contributed by atoms with Crippen LogP contribution in [0, 0.1) is 5.92 Å². The number of amides is 3. The molecule has 0 spiro atoms. The van der Waals surface area contributed by atoms with Crippen LogP contribution in [-0.2, 0) is 16.1 Å². The number of ether oxygens (including phenoxy) is 3. The Hall–Kier alpha value is -5.17. The van der Waals surface area contributed by atoms with Crippen molar-refractivity contribution in [3.63, 3.8) is 0 Å². The highest BCUT2D eigenvalue weighted by Gasteiger charge is 2.61. The number of benzene rings is 2. The molecule has 4 aromatic rings. The van der Waals surface area contributed by atoms with E-state index in [1.54, 1.807) is 24.0 Å². The first-order valence-electron chi connectivity index (χ1n) is 18.1. The first kappa shape index (κ1) is 36.2. The van der Waals surface area contributed by atoms with Crippen molar-refractivity contribution in [1.29, 1.82) is 0 Å². The molecule has 3 amide bonds. The Bertz CT molecular complexity index is 2030. The summed E-state index contributed by atoms with van der Waals surface area (Å²) in [5.41, 5.74) is 1.80. The number of carbonyl (C=O) groups excluding carboxylic acids is 2. The van der Waals surface area contributed by atoms with Crippen molar-refractivity contribution in [3.05, 3.63) is 77.3 Å². The lowest BCUT2D eigenvalue weighted by atomic mass is 10.1. The molecule has 2 aliphatic heterocycles. The van der Waals surface area contributed by atoms with Gasteiger partial charge in [-0.2, -0.15) is 0 Å². The largest absolute Gasteiger partial charge is 0.497 e. The Morgan fingerprint density at radius 3 is 2.55 bits per heavy atom. The highest BCUT2D eigenvalue weighted by atomic mass is 32.1. The molecule has 1 saturated heterocycles. The van der Waals surface area contributed by atoms with Crippen molar-refractivity contribution in [2.75, 3.05) is 27.3 Å². The van der Waals surface area contributed by atoms with Gasteiger partial charge in [-0.1, -0.05) is 38.1 Å². The fourth-order valence-electron chi connectivity index (χ4n) is 7.17. The van der Waals surface area contributed by atoms with E-state index in [2.05, 4.69) is 19.2 Å². The molecule has 53 heavy (non-hydrogen) atoms. The van der Waals surface area contributed by atoms with Gasteiger partial charge in [0.15, 0.2) is 0 Å². The highest BCUT2D eigenvalue weighted by molar-refractivity contribution is 7.13. The van der Waals surface area contributed by atoms with E-state index in [-0.39, 0.29) is 30.8 Å². The molecule has 0 bridgehead atoms. The molecule has 2 aromatic heterocycles. The molecule has 2 fully saturated rings. The summed E-state index contributed by atoms with van der Waals surface area (Å²) in [5.74, 6) is 0.275. The van der Waals surface area contributed by atoms with E-state index >= 15 is 0 Å². The van der Waals surface area contributed by atoms with Crippen molar-refractivity contribution in [1.82, 2.24) is 25.1 Å². The summed E-state index contributed by atoms with van der Waals surface area (Å²) >= 11 is 1.51. The maximum Gasteiger partial charge on any atom is 0.330 e. The Labute approximate surface area is 312 Å². The molecule has 2 N–H and O–H groups in total. The second kappa shape index (κ2) is 15.1. The standard InChI is InChI=1S/C40H45N5O7S/c1-24(2)33-23-53-37(42-33)32-19-35(30-15-14-28(51-4)17-31(30)41-32)52-29-18-34-36(46)43-40(38(47)48)20-26(40)9-7-5-6-8-16-44(39(49)45(34)22-29)21-25-10-12-27(50-3)13-11-25/h7,9-15,17,19,23-24,26,29,34H,5-6,8,16,18,20-22H2,1-4H3,(H,43,46)(H,47,48)/b9-7-/t26-,29-,34+,40-/m1/s1. The number of urea groups is 1. The van der Waals surface area contributed by atoms with Crippen LogP contribution in [0.1, 0.15) is 63.1 Å². The van der Waals surface area contributed by atoms with Gasteiger partial charge in [0.2, 0.25) is 5.91 Å². The number of aliphatic carboxylic acids is 1. The van der Waals surface area contributed by atoms with Gasteiger partial charge in [0.05, 0.1) is 32.0 Å². The third-order valence-electron chi connectivity index (χ3n) is 10.4. The second-order valence-corrected chi connectivity index (χ2v) is 15.2. The first-order valence-corrected chi connectivity index (χ1v) is 19.0. The van der Waals surface area contributed by atoms with Crippen LogP contribution in [0.3, 0.4) is 0 Å². The third-order valence-corrected chi connectivity index (χ3v) is 11.3. The molecule has 0 unspecified atom stereocenters. The zero-order valence-corrected chi connectivity index (χ0v) is 31.2. The molecule has 12 nitrogen and oxygen atoms in total. The number of carbonyl (C=O) groups is 3. The zero-order valence-electron chi connectivity index (χ0n) is 30.4. The summed E-state index contributed by atoms with van der Waals surface area (Å²) in [6.07, 6.45) is 6.13. The molecule has 278 valence electrons. The highest BCUT2D eigenvalue weighted by Crippen LogP contribution is 2.45. The van der Waals surface area contributed by atoms with Crippen LogP contribution in [0.2, 0.25) is 0 Å². The Balaban J connectivity index is 1.23. The number of carboxylic acids is 1. The van der Waals surface area contributed by atoms with Crippen LogP contribution in [0.25, 0.3) is 21.6 Å². The van der Waals surface area contributed by atoms with Gasteiger partial charge >= 0.3 is 12.0 Å². The predicted molar refractivity (Wildman–Crippen MR) is 201 cm³/mol. The van der Waals surface area contributed by atoms with E-state index in [1.165, 1.54) is 11.3 Å². The number of allylic oxidation sites excluding steroid dienone is 1. The molecule has 1 saturated carbocycles. The SMILES string of the molecule is COc1ccc(CN2CCCC/C=C\[C@@H]3C[C@@]3(C(=O)O)NC(=O)[C@@H]3C[C@@H](Oc4cc(-c5nc(C(C)C)cs5)nc5cc(OC)ccc45)CN3C2=O)cc1. The monoisotopic (exact) mass is 739 g/mol. The van der Waals surface area contributed by atoms with Gasteiger partial charge in [-0.3, -0.25) is 4.79 Å². The molecule has 7 rings (SSSR count). The van der Waals surface area contributed by atoms with Crippen LogP contribution in [0.4, 0.5) is 4.79 Å². The summed E-state index contributed by atoms with van der Waals surface area (Å²) in [4.78, 5) is 54.4. The zero-order chi connectivity index (χ0) is 37.3. The number of thiazole rings is 1. The minimum absolute atomic E-state index is 0.128. The van der Waals surface area contributed by atoms with Gasteiger partial charge in [0.25, 0.3) is 0 Å². The van der Waals surface area contributed by atoms with Crippen molar-refractivity contribution in [3.8, 4) is 28.0 Å². The van der Waals surface area contributed by atoms with Gasteiger partial charge < -0.3 is 34.4 Å². The summed E-state index contributed by atoms with van der Waals surface area (Å²) in [5, 5.41) is 16.6. The summed E-state index contributed by atoms with van der Waals surface area (Å²) in [7, 11) is 3.21. The number of aromatic nitrogens is 2. The number of hydrogen-bond acceptors (Lipinski definition) is 9. The normalized spacial score (nSPS) is 23.9. The molecule has 2 aromatic carbocycles. The lowest BCUT2D eigenvalue weighted by Crippen LogP contribution is -2.55. The van der Waals surface area contributed by atoms with Crippen molar-refractivity contribution in [2.45, 2.75) is 76.1 Å². The Kier molecular flexibility index (Phi) is 10.3. The van der Waals surface area contributed by atoms with Gasteiger partial charge in [0.1, 0.15) is 45.6 Å². The number of rotatable bonds is 9. The predicted octanol–water partition coefficient (Wildman–Crippen LogP) is 6.64. The van der Waals surface area contributed by atoms with E-state index in [4.69, 9.17) is 24.2 Å². The lowest BCUT2D eigenvalue weighted by Gasteiger charge is -2.32. The maximum atomic E-state index is 14.6. The molecular formula is C40H45N5O7S. The quantitative estimate of drug-likeness (QED) is 0.181. The van der Waals surface area contributed by atoms with E-state index in [0.717, 1.165) is 46.7 Å². The molecule has 1 aliphatic carbocycles. The van der Waals surface area contributed by atoms with Crippen LogP contribution >= 0.6 is 11.3 Å². The molecule has 4 atom stereocenters. The van der Waals surface area contributed by atoms with Gasteiger partial charge in [-0.05, 0) is 61.4 Å². The fourth-order valence-corrected chi connectivity index (χ4v) is 8.11. The van der Waals surface area contributed by atoms with Crippen LogP contribution in [0.5, 0.6) is 17.2 Å². The topological polar surface area (TPSA) is 143 Å². The summed E-state index contributed by atoms with van der Waals surface area (Å²) in [6.45, 7) is 5.14. The number of pyridine rings is 1. The van der Waals surface area contributed by atoms with E-state index in [9.17, 15) is 19.5 Å². The van der Waals surface area contributed by atoms with Crippen LogP contribution in [-0.4, -0.2) is 87.8 Å². The van der Waals surface area contributed by atoms with Gasteiger partial charge in [0, 0.05) is 48.3 Å². The maximum absolute atomic E-state index is 14.6. The van der Waals surface area contributed by atoms with Gasteiger partial charge in [-0.25, -0.2) is 19.6 Å². The second-order valence-electron chi connectivity index (χ2n) is 14.3. The average Bonchev–Trinajstić information content (AvgIpc) is 3.44. The van der Waals surface area contributed by atoms with Crippen molar-refractivity contribution in [2.24, 2.45) is 5.92 Å². The summed E-state index contributed by atoms with van der Waals surface area (Å²) in [6, 6.07) is 13.8. The molecule has 13 heteroatoms. The molecule has 0 radical (unpaired) electrons. The smallest absolute Gasteiger partial charge is 0.330 e. The average molecular weight is 740 g/mol. The van der Waals surface area contributed by atoms with Crippen molar-refractivity contribution < 1.29 is 33.7 Å². The van der Waals surface area contributed by atoms with E-state index in [1.807, 2.05) is 66.1 Å². The number of fused-ring (bicyclic) bond motifs is 3. The Morgan fingerprint density at radius 1 is 1.06 bits per heavy atom. The van der Waals surface area contributed by atoms with Crippen LogP contribution < -0.4 is 19.5 Å². The molecular weight excluding hydrogens is 695 g/mol. The Morgan fingerprint density at radius 2 is 1.83 bits per heavy atom. The fraction of sp³-hybridized carbons (Fsp3) is 0.425. The third kappa shape index (κ3) is 7.53. The number of nitrogens with one attached hydrogen (secondary N) is 1. The number of methoxy groups -OCH3 is 2. The minimum Gasteiger partial charge on any atom is -0.497 e. The van der Waals surface area contributed by atoms with Crippen molar-refractivity contribution >= 4 is 40.1 Å². The van der Waals surface area contributed by atoms with E-state index in [0.29, 0.717) is 42.2 Å². The first-order chi connectivity index (χ1) is 25.6. The number of nitrogens with zero attached hydrogens (tertiary/aromatic N) is 4. The molecule has 4 heterocycles. The minimum atomic E-state index is -1.40. The van der Waals surface area contributed by atoms with Crippen LogP contribution in [0.15, 0.2) is 66.1 Å². The van der Waals surface area contributed by atoms with E-state index < -0.39 is 29.6 Å². The number of hydrogen-bond donors (Lipinski definition) is 2. The summed E-state index contributed by atoms with van der Waals surface area (Å²) < 4.78 is 17.6. The molecule has 3 aliphatic rings. The van der Waals surface area contributed by atoms with Gasteiger partial charge in [-0.15, -0.1) is 11.3 Å². The number of carboxylic acid groups (broad SMARTS) is 1.